The molecule has 1 aromatic heterocycles. The van der Waals surface area contributed by atoms with E-state index in [0.717, 1.165) is 11.3 Å². The number of rotatable bonds is 8. The average Bonchev–Trinajstić information content (AvgIpc) is 2.78. The van der Waals surface area contributed by atoms with E-state index in [1.54, 1.807) is 6.92 Å². The number of hydrogen-bond acceptors (Lipinski definition) is 6. The number of hydrogen-bond donors (Lipinski definition) is 2. The maximum atomic E-state index is 12.2. The summed E-state index contributed by atoms with van der Waals surface area (Å²) < 4.78 is 26.9. The van der Waals surface area contributed by atoms with Crippen LogP contribution in [0.25, 0.3) is 0 Å². The molecule has 7 nitrogen and oxygen atoms in total. The van der Waals surface area contributed by atoms with E-state index in [-0.39, 0.29) is 28.5 Å². The number of thiophene rings is 1. The van der Waals surface area contributed by atoms with Gasteiger partial charge in [-0.3, -0.25) is 10.1 Å². The summed E-state index contributed by atoms with van der Waals surface area (Å²) in [6.07, 6.45) is 1.23. The molecule has 0 radical (unpaired) electrons. The minimum atomic E-state index is -3.92. The zero-order valence-corrected chi connectivity index (χ0v) is 13.9. The number of nitrogens with one attached hydrogen (secondary N) is 1. The van der Waals surface area contributed by atoms with Crippen molar-refractivity contribution in [3.8, 4) is 0 Å². The van der Waals surface area contributed by atoms with Gasteiger partial charge in [0.05, 0.1) is 4.92 Å². The molecule has 0 unspecified atom stereocenters. The maximum Gasteiger partial charge on any atom is 0.344 e. The van der Waals surface area contributed by atoms with Gasteiger partial charge >= 0.3 is 5.00 Å². The Bertz CT molecular complexity index is 607. The molecule has 1 aromatic rings. The standard InChI is InChI=1S/C12H20N2O5S2/c1-9-7-10(11(20-9)14(16)17)21(18,19)13-8-12(2,3)5-4-6-15/h7,13,15H,4-6,8H2,1-3H3. The lowest BCUT2D eigenvalue weighted by Gasteiger charge is -2.24. The third-order valence-electron chi connectivity index (χ3n) is 3.01. The Balaban J connectivity index is 2.90. The molecule has 0 aliphatic carbocycles. The Hall–Kier alpha value is -1.03. The van der Waals surface area contributed by atoms with Crippen molar-refractivity contribution in [2.45, 2.75) is 38.5 Å². The molecule has 0 bridgehead atoms. The van der Waals surface area contributed by atoms with Gasteiger partial charge in [-0.05, 0) is 31.2 Å². The molecule has 120 valence electrons. The van der Waals surface area contributed by atoms with E-state index in [1.165, 1.54) is 6.07 Å². The fraction of sp³-hybridized carbons (Fsp3) is 0.667. The van der Waals surface area contributed by atoms with Crippen LogP contribution in [-0.2, 0) is 10.0 Å². The molecule has 0 fully saturated rings. The van der Waals surface area contributed by atoms with E-state index in [1.807, 2.05) is 13.8 Å². The molecule has 9 heteroatoms. The van der Waals surface area contributed by atoms with Crippen molar-refractivity contribution in [2.24, 2.45) is 5.41 Å². The van der Waals surface area contributed by atoms with Crippen LogP contribution in [0.5, 0.6) is 0 Å². The van der Waals surface area contributed by atoms with E-state index in [9.17, 15) is 18.5 Å². The van der Waals surface area contributed by atoms with Crippen molar-refractivity contribution in [2.75, 3.05) is 13.2 Å². The zero-order valence-electron chi connectivity index (χ0n) is 12.2. The van der Waals surface area contributed by atoms with Gasteiger partial charge in [0.25, 0.3) is 0 Å². The van der Waals surface area contributed by atoms with Crippen LogP contribution in [-0.4, -0.2) is 31.6 Å². The molecule has 2 N–H and O–H groups in total. The lowest BCUT2D eigenvalue weighted by molar-refractivity contribution is -0.383. The third kappa shape index (κ3) is 5.03. The molecule has 1 heterocycles. The van der Waals surface area contributed by atoms with Crippen LogP contribution in [0.15, 0.2) is 11.0 Å². The first-order valence-corrected chi connectivity index (χ1v) is 8.74. The third-order valence-corrected chi connectivity index (χ3v) is 5.56. The van der Waals surface area contributed by atoms with Crippen molar-refractivity contribution in [3.05, 3.63) is 21.1 Å². The summed E-state index contributed by atoms with van der Waals surface area (Å²) in [6.45, 7) is 5.57. The second-order valence-corrected chi connectivity index (χ2v) is 8.57. The number of aliphatic hydroxyl groups excluding tert-OH is 1. The monoisotopic (exact) mass is 336 g/mol. The van der Waals surface area contributed by atoms with Gasteiger partial charge in [0.15, 0.2) is 4.90 Å². The first-order chi connectivity index (χ1) is 9.59. The molecule has 0 aliphatic rings. The van der Waals surface area contributed by atoms with Crippen molar-refractivity contribution in [1.82, 2.24) is 4.72 Å². The largest absolute Gasteiger partial charge is 0.396 e. The normalized spacial score (nSPS) is 12.6. The second-order valence-electron chi connectivity index (χ2n) is 5.60. The maximum absolute atomic E-state index is 12.2. The summed E-state index contributed by atoms with van der Waals surface area (Å²) in [5.74, 6) is 0. The number of aliphatic hydroxyl groups is 1. The first-order valence-electron chi connectivity index (χ1n) is 6.44. The van der Waals surface area contributed by atoms with E-state index >= 15 is 0 Å². The molecule has 0 amide bonds. The average molecular weight is 336 g/mol. The van der Waals surface area contributed by atoms with Gasteiger partial charge in [0, 0.05) is 18.0 Å². The highest BCUT2D eigenvalue weighted by atomic mass is 32.2. The van der Waals surface area contributed by atoms with Crippen LogP contribution >= 0.6 is 11.3 Å². The van der Waals surface area contributed by atoms with Crippen LogP contribution in [0.4, 0.5) is 5.00 Å². The van der Waals surface area contributed by atoms with E-state index in [0.29, 0.717) is 17.7 Å². The predicted molar refractivity (Wildman–Crippen MR) is 81.0 cm³/mol. The zero-order chi connectivity index (χ0) is 16.3. The van der Waals surface area contributed by atoms with E-state index < -0.39 is 14.9 Å². The predicted octanol–water partition coefficient (Wildman–Crippen LogP) is 2.04. The van der Waals surface area contributed by atoms with Crippen molar-refractivity contribution in [3.63, 3.8) is 0 Å². The molecular weight excluding hydrogens is 316 g/mol. The lowest BCUT2D eigenvalue weighted by atomic mass is 9.88. The van der Waals surface area contributed by atoms with Gasteiger partial charge in [0.1, 0.15) is 0 Å². The van der Waals surface area contributed by atoms with Crippen molar-refractivity contribution >= 4 is 26.4 Å². The summed E-state index contributed by atoms with van der Waals surface area (Å²) in [4.78, 5) is 10.5. The highest BCUT2D eigenvalue weighted by Gasteiger charge is 2.30. The van der Waals surface area contributed by atoms with Gasteiger partial charge in [-0.1, -0.05) is 25.2 Å². The topological polar surface area (TPSA) is 110 Å². The molecule has 0 aliphatic heterocycles. The number of sulfonamides is 1. The smallest absolute Gasteiger partial charge is 0.344 e. The Morgan fingerprint density at radius 3 is 2.62 bits per heavy atom. The summed E-state index contributed by atoms with van der Waals surface area (Å²) in [5, 5.41) is 19.4. The van der Waals surface area contributed by atoms with Crippen molar-refractivity contribution < 1.29 is 18.4 Å². The minimum absolute atomic E-state index is 0.0470. The van der Waals surface area contributed by atoms with Crippen LogP contribution in [0.1, 0.15) is 31.6 Å². The van der Waals surface area contributed by atoms with E-state index in [4.69, 9.17) is 5.11 Å². The SMILES string of the molecule is Cc1cc(S(=O)(=O)NCC(C)(C)CCCO)c([N+](=O)[O-])s1. The Morgan fingerprint density at radius 2 is 2.10 bits per heavy atom. The molecule has 0 aromatic carbocycles. The molecule has 21 heavy (non-hydrogen) atoms. The molecule has 0 saturated carbocycles. The minimum Gasteiger partial charge on any atom is -0.396 e. The Labute approximate surface area is 128 Å². The summed E-state index contributed by atoms with van der Waals surface area (Å²) in [6, 6.07) is 1.31. The summed E-state index contributed by atoms with van der Waals surface area (Å²) in [5.41, 5.74) is -0.338. The van der Waals surface area contributed by atoms with Crippen molar-refractivity contribution in [1.29, 1.82) is 0 Å². The fourth-order valence-corrected chi connectivity index (χ4v) is 4.43. The molecule has 1 rings (SSSR count). The van der Waals surface area contributed by atoms with Gasteiger partial charge in [-0.15, -0.1) is 0 Å². The first kappa shape index (κ1) is 18.0. The van der Waals surface area contributed by atoms with Gasteiger partial charge < -0.3 is 5.11 Å². The van der Waals surface area contributed by atoms with Gasteiger partial charge in [-0.2, -0.15) is 0 Å². The van der Waals surface area contributed by atoms with E-state index in [2.05, 4.69) is 4.72 Å². The highest BCUT2D eigenvalue weighted by molar-refractivity contribution is 7.89. The van der Waals surface area contributed by atoms with Gasteiger partial charge in [-0.25, -0.2) is 13.1 Å². The number of nitro groups is 1. The number of aryl methyl sites for hydroxylation is 1. The number of nitrogens with zero attached hydrogens (tertiary/aromatic N) is 1. The van der Waals surface area contributed by atoms with Gasteiger partial charge in [0.2, 0.25) is 10.0 Å². The molecule has 0 saturated heterocycles. The summed E-state index contributed by atoms with van der Waals surface area (Å²) in [7, 11) is -3.92. The molecule has 0 atom stereocenters. The van der Waals surface area contributed by atoms with Crippen LogP contribution in [0, 0.1) is 22.5 Å². The van der Waals surface area contributed by atoms with Crippen LogP contribution in [0.3, 0.4) is 0 Å². The quantitative estimate of drug-likeness (QED) is 0.557. The fourth-order valence-electron chi connectivity index (χ4n) is 1.81. The highest BCUT2D eigenvalue weighted by Crippen LogP contribution is 2.33. The molecular formula is C12H20N2O5S2. The Morgan fingerprint density at radius 1 is 1.48 bits per heavy atom. The summed E-state index contributed by atoms with van der Waals surface area (Å²) >= 11 is 0.845. The second kappa shape index (κ2) is 6.82. The van der Waals surface area contributed by atoms with Crippen LogP contribution in [0.2, 0.25) is 0 Å². The Kier molecular flexibility index (Phi) is 5.85. The lowest BCUT2D eigenvalue weighted by Crippen LogP contribution is -2.34. The molecule has 0 spiro atoms. The van der Waals surface area contributed by atoms with Crippen LogP contribution < -0.4 is 4.72 Å².